The lowest BCUT2D eigenvalue weighted by atomic mass is 9.94. The molecule has 2 rings (SSSR count). The van der Waals surface area contributed by atoms with Crippen LogP contribution in [0.4, 0.5) is 5.82 Å². The number of nitrogens with zero attached hydrogens (tertiary/aromatic N) is 2. The van der Waals surface area contributed by atoms with Crippen molar-refractivity contribution in [1.29, 1.82) is 0 Å². The Hall–Kier alpha value is -1.62. The van der Waals surface area contributed by atoms with E-state index in [-0.39, 0.29) is 11.6 Å². The third-order valence-electron chi connectivity index (χ3n) is 3.47. The fourth-order valence-corrected chi connectivity index (χ4v) is 2.44. The molecule has 2 N–H and O–H groups in total. The van der Waals surface area contributed by atoms with Gasteiger partial charge in [0.15, 0.2) is 0 Å². The van der Waals surface area contributed by atoms with E-state index in [2.05, 4.69) is 29.2 Å². The Morgan fingerprint density at radius 2 is 2.39 bits per heavy atom. The molecule has 0 radical (unpaired) electrons. The van der Waals surface area contributed by atoms with Crippen molar-refractivity contribution in [2.24, 2.45) is 5.92 Å². The number of aromatic nitrogens is 1. The summed E-state index contributed by atoms with van der Waals surface area (Å²) in [7, 11) is 2.11. The number of piperidine rings is 1. The molecule has 1 fully saturated rings. The highest BCUT2D eigenvalue weighted by Crippen LogP contribution is 2.21. The van der Waals surface area contributed by atoms with Gasteiger partial charge in [0.25, 0.3) is 0 Å². The van der Waals surface area contributed by atoms with E-state index in [0.717, 1.165) is 19.5 Å². The average molecular weight is 249 g/mol. The normalized spacial score (nSPS) is 24.8. The van der Waals surface area contributed by atoms with Crippen molar-refractivity contribution in [3.05, 3.63) is 23.9 Å². The van der Waals surface area contributed by atoms with Gasteiger partial charge in [-0.1, -0.05) is 6.92 Å². The Bertz CT molecular complexity index is 436. The minimum atomic E-state index is -0.939. The molecule has 1 aliphatic rings. The Kier molecular flexibility index (Phi) is 3.81. The lowest BCUT2D eigenvalue weighted by Crippen LogP contribution is -2.43. The molecule has 0 spiro atoms. The van der Waals surface area contributed by atoms with Crippen LogP contribution >= 0.6 is 0 Å². The van der Waals surface area contributed by atoms with Crippen molar-refractivity contribution in [3.8, 4) is 0 Å². The first kappa shape index (κ1) is 12.8. The van der Waals surface area contributed by atoms with E-state index >= 15 is 0 Å². The van der Waals surface area contributed by atoms with Crippen LogP contribution in [0.3, 0.4) is 0 Å². The highest BCUT2D eigenvalue weighted by atomic mass is 16.4. The molecule has 1 aliphatic heterocycles. The van der Waals surface area contributed by atoms with Gasteiger partial charge in [0, 0.05) is 18.8 Å². The molecular weight excluding hydrogens is 230 g/mol. The second-order valence-corrected chi connectivity index (χ2v) is 4.98. The average Bonchev–Trinajstić information content (AvgIpc) is 2.33. The van der Waals surface area contributed by atoms with Gasteiger partial charge in [-0.15, -0.1) is 0 Å². The molecule has 1 aromatic rings. The lowest BCUT2D eigenvalue weighted by molar-refractivity contribution is 0.0697. The highest BCUT2D eigenvalue weighted by Gasteiger charge is 2.25. The first-order valence-corrected chi connectivity index (χ1v) is 6.21. The maximum Gasteiger partial charge on any atom is 0.339 e. The van der Waals surface area contributed by atoms with Gasteiger partial charge in [-0.3, -0.25) is 0 Å². The van der Waals surface area contributed by atoms with Crippen molar-refractivity contribution in [1.82, 2.24) is 9.88 Å². The fraction of sp³-hybridized carbons (Fsp3) is 0.538. The number of aromatic carboxylic acids is 1. The number of nitrogens with one attached hydrogen (secondary N) is 1. The predicted octanol–water partition coefficient (Wildman–Crippen LogP) is 1.53. The third-order valence-corrected chi connectivity index (χ3v) is 3.47. The van der Waals surface area contributed by atoms with Crippen LogP contribution in [-0.2, 0) is 0 Å². The van der Waals surface area contributed by atoms with Crippen LogP contribution in [0.25, 0.3) is 0 Å². The summed E-state index contributed by atoms with van der Waals surface area (Å²) in [6, 6.07) is 3.51. The summed E-state index contributed by atoms with van der Waals surface area (Å²) in [6.07, 6.45) is 2.63. The van der Waals surface area contributed by atoms with Gasteiger partial charge in [0.05, 0.1) is 0 Å². The minimum absolute atomic E-state index is 0.239. The second-order valence-electron chi connectivity index (χ2n) is 4.98. The van der Waals surface area contributed by atoms with Crippen LogP contribution in [-0.4, -0.2) is 47.1 Å². The molecule has 0 bridgehead atoms. The van der Waals surface area contributed by atoms with Crippen molar-refractivity contribution in [2.45, 2.75) is 19.4 Å². The highest BCUT2D eigenvalue weighted by molar-refractivity contribution is 5.93. The molecule has 5 nitrogen and oxygen atoms in total. The molecule has 98 valence electrons. The molecule has 0 amide bonds. The molecule has 2 heterocycles. The molecule has 0 saturated carbocycles. The van der Waals surface area contributed by atoms with E-state index in [1.54, 1.807) is 18.3 Å². The van der Waals surface area contributed by atoms with Crippen LogP contribution in [0.1, 0.15) is 23.7 Å². The van der Waals surface area contributed by atoms with Gasteiger partial charge < -0.3 is 15.3 Å². The number of hydrogen-bond acceptors (Lipinski definition) is 4. The van der Waals surface area contributed by atoms with Crippen LogP contribution < -0.4 is 5.32 Å². The maximum atomic E-state index is 11.1. The number of pyridine rings is 1. The first-order valence-electron chi connectivity index (χ1n) is 6.21. The van der Waals surface area contributed by atoms with Crippen molar-refractivity contribution >= 4 is 11.8 Å². The molecule has 2 unspecified atom stereocenters. The zero-order valence-corrected chi connectivity index (χ0v) is 10.8. The van der Waals surface area contributed by atoms with E-state index < -0.39 is 5.97 Å². The summed E-state index contributed by atoms with van der Waals surface area (Å²) in [4.78, 5) is 17.5. The number of likely N-dealkylation sites (tertiary alicyclic amines) is 1. The topological polar surface area (TPSA) is 65.5 Å². The maximum absolute atomic E-state index is 11.1. The minimum Gasteiger partial charge on any atom is -0.478 e. The van der Waals surface area contributed by atoms with Crippen molar-refractivity contribution < 1.29 is 9.90 Å². The van der Waals surface area contributed by atoms with Crippen LogP contribution in [0.15, 0.2) is 18.3 Å². The monoisotopic (exact) mass is 249 g/mol. The lowest BCUT2D eigenvalue weighted by Gasteiger charge is -2.35. The molecule has 5 heteroatoms. The summed E-state index contributed by atoms with van der Waals surface area (Å²) in [5.41, 5.74) is 0.239. The van der Waals surface area contributed by atoms with Gasteiger partial charge in [-0.05, 0) is 38.1 Å². The summed E-state index contributed by atoms with van der Waals surface area (Å²) in [5.74, 6) is 0.0185. The third kappa shape index (κ3) is 2.79. The van der Waals surface area contributed by atoms with Crippen LogP contribution in [0.2, 0.25) is 0 Å². The number of carboxylic acids is 1. The van der Waals surface area contributed by atoms with Crippen LogP contribution in [0.5, 0.6) is 0 Å². The van der Waals surface area contributed by atoms with Gasteiger partial charge in [0.1, 0.15) is 11.4 Å². The summed E-state index contributed by atoms with van der Waals surface area (Å²) in [6.45, 7) is 4.22. The smallest absolute Gasteiger partial charge is 0.339 e. The number of carbonyl (C=O) groups is 1. The van der Waals surface area contributed by atoms with Gasteiger partial charge in [-0.25, -0.2) is 9.78 Å². The number of hydrogen-bond donors (Lipinski definition) is 2. The van der Waals surface area contributed by atoms with Gasteiger partial charge in [0.2, 0.25) is 0 Å². The number of carboxylic acid groups (broad SMARTS) is 1. The molecule has 2 atom stereocenters. The molecular formula is C13H19N3O2. The second kappa shape index (κ2) is 5.35. The summed E-state index contributed by atoms with van der Waals surface area (Å²) in [5, 5.41) is 12.4. The Labute approximate surface area is 107 Å². The van der Waals surface area contributed by atoms with Crippen molar-refractivity contribution in [2.75, 3.05) is 25.5 Å². The first-order chi connectivity index (χ1) is 8.58. The molecule has 0 aromatic carbocycles. The largest absolute Gasteiger partial charge is 0.478 e. The fourth-order valence-electron chi connectivity index (χ4n) is 2.44. The summed E-state index contributed by atoms with van der Waals surface area (Å²) < 4.78 is 0. The van der Waals surface area contributed by atoms with E-state index in [4.69, 9.17) is 5.11 Å². The Balaban J connectivity index is 2.12. The Morgan fingerprint density at radius 1 is 1.61 bits per heavy atom. The number of rotatable bonds is 3. The van der Waals surface area contributed by atoms with Gasteiger partial charge >= 0.3 is 5.97 Å². The predicted molar refractivity (Wildman–Crippen MR) is 69.9 cm³/mol. The van der Waals surface area contributed by atoms with Gasteiger partial charge in [-0.2, -0.15) is 0 Å². The zero-order chi connectivity index (χ0) is 13.1. The van der Waals surface area contributed by atoms with E-state index in [1.807, 2.05) is 0 Å². The molecule has 0 aliphatic carbocycles. The molecule has 1 aromatic heterocycles. The number of anilines is 1. The Morgan fingerprint density at radius 3 is 3.06 bits per heavy atom. The van der Waals surface area contributed by atoms with E-state index in [1.165, 1.54) is 0 Å². The van der Waals surface area contributed by atoms with Crippen LogP contribution in [0, 0.1) is 5.92 Å². The quantitative estimate of drug-likeness (QED) is 0.850. The van der Waals surface area contributed by atoms with Crippen molar-refractivity contribution in [3.63, 3.8) is 0 Å². The molecule has 18 heavy (non-hydrogen) atoms. The van der Waals surface area contributed by atoms with E-state index in [0.29, 0.717) is 11.7 Å². The zero-order valence-electron chi connectivity index (χ0n) is 10.8. The van der Waals surface area contributed by atoms with E-state index in [9.17, 15) is 4.79 Å². The standard InChI is InChI=1S/C13H19N3O2/c1-9-8-16(2)7-5-11(9)15-12-10(13(17)18)4-3-6-14-12/h3-4,6,9,11H,5,7-8H2,1-2H3,(H,14,15)(H,17,18). The summed E-state index contributed by atoms with van der Waals surface area (Å²) >= 11 is 0. The SMILES string of the molecule is CC1CN(C)CCC1Nc1ncccc1C(=O)O. The molecule has 1 saturated heterocycles.